The minimum absolute atomic E-state index is 0.0378. The number of halogens is 1. The first-order chi connectivity index (χ1) is 22.3. The van der Waals surface area contributed by atoms with Gasteiger partial charge in [-0.05, 0) is 87.1 Å². The lowest BCUT2D eigenvalue weighted by Gasteiger charge is -2.36. The number of hydrogen-bond acceptors (Lipinski definition) is 6. The number of carboxylic acid groups (broad SMARTS) is 1. The smallest absolute Gasteiger partial charge is 0.408 e. The highest BCUT2D eigenvalue weighted by atomic mass is 32.2. The molecule has 1 fully saturated rings. The molecule has 1 saturated carbocycles. The highest BCUT2D eigenvalue weighted by Gasteiger charge is 2.41. The molecular formula is C36H40FN3O6S. The number of para-hydroxylation sites is 1. The quantitative estimate of drug-likeness (QED) is 0.290. The van der Waals surface area contributed by atoms with Crippen LogP contribution in [0.5, 0.6) is 0 Å². The number of benzene rings is 3. The number of amides is 1. The number of carbonyl (C=O) groups excluding carboxylic acids is 1. The molecule has 0 bridgehead atoms. The van der Waals surface area contributed by atoms with Gasteiger partial charge in [-0.15, -0.1) is 0 Å². The number of nitrogens with one attached hydrogen (secondary N) is 1. The number of fused-ring (bicyclic) bond motifs is 1. The molecule has 1 aliphatic heterocycles. The maximum absolute atomic E-state index is 14.5. The SMILES string of the molecule is CN1[C@H](C2CCCCC2)CN(c2ccccc2)c2cc(C#CCNC(=O)OC(C)(C)C)c(-c3ccc(F)c(C(=O)O)c3)cc2S1(=O)=O. The van der Waals surface area contributed by atoms with Gasteiger partial charge in [-0.25, -0.2) is 22.4 Å². The van der Waals surface area contributed by atoms with E-state index in [9.17, 15) is 27.5 Å². The van der Waals surface area contributed by atoms with Crippen LogP contribution in [0.15, 0.2) is 65.6 Å². The van der Waals surface area contributed by atoms with E-state index in [1.807, 2.05) is 35.2 Å². The van der Waals surface area contributed by atoms with Gasteiger partial charge in [-0.3, -0.25) is 0 Å². The molecule has 1 heterocycles. The third-order valence-electron chi connectivity index (χ3n) is 8.60. The Balaban J connectivity index is 1.69. The summed E-state index contributed by atoms with van der Waals surface area (Å²) in [6, 6.07) is 16.1. The lowest BCUT2D eigenvalue weighted by molar-refractivity contribution is 0.0534. The second-order valence-corrected chi connectivity index (χ2v) is 14.9. The number of ether oxygens (including phenoxy) is 1. The lowest BCUT2D eigenvalue weighted by Crippen LogP contribution is -2.46. The zero-order valence-corrected chi connectivity index (χ0v) is 27.9. The molecule has 3 aromatic carbocycles. The van der Waals surface area contributed by atoms with Gasteiger partial charge in [0.2, 0.25) is 10.0 Å². The highest BCUT2D eigenvalue weighted by Crippen LogP contribution is 2.43. The number of alkyl carbamates (subject to hydrolysis) is 1. The first-order valence-electron chi connectivity index (χ1n) is 15.7. The van der Waals surface area contributed by atoms with Crippen LogP contribution in [0.3, 0.4) is 0 Å². The maximum atomic E-state index is 14.5. The molecule has 2 aliphatic rings. The Labute approximate surface area is 275 Å². The molecule has 248 valence electrons. The second-order valence-electron chi connectivity index (χ2n) is 13.0. The fourth-order valence-corrected chi connectivity index (χ4v) is 7.91. The predicted octanol–water partition coefficient (Wildman–Crippen LogP) is 6.79. The molecule has 1 atom stereocenters. The average molecular weight is 662 g/mol. The van der Waals surface area contributed by atoms with Gasteiger partial charge in [0.15, 0.2) is 0 Å². The molecule has 0 radical (unpaired) electrons. The molecule has 2 N–H and O–H groups in total. The summed E-state index contributed by atoms with van der Waals surface area (Å²) in [6.45, 7) is 5.59. The van der Waals surface area contributed by atoms with E-state index in [1.54, 1.807) is 33.9 Å². The summed E-state index contributed by atoms with van der Waals surface area (Å²) in [4.78, 5) is 26.1. The number of aromatic carboxylic acids is 1. The zero-order chi connectivity index (χ0) is 33.9. The lowest BCUT2D eigenvalue weighted by atomic mass is 9.83. The number of sulfonamides is 1. The third-order valence-corrected chi connectivity index (χ3v) is 10.5. The van der Waals surface area contributed by atoms with Crippen molar-refractivity contribution < 1.29 is 32.2 Å². The Kier molecular flexibility index (Phi) is 9.94. The minimum Gasteiger partial charge on any atom is -0.478 e. The summed E-state index contributed by atoms with van der Waals surface area (Å²) in [6.07, 6.45) is 4.45. The predicted molar refractivity (Wildman–Crippen MR) is 179 cm³/mol. The number of carbonyl (C=O) groups is 2. The number of nitrogens with zero attached hydrogens (tertiary/aromatic N) is 2. The van der Waals surface area contributed by atoms with E-state index in [1.165, 1.54) is 22.5 Å². The van der Waals surface area contributed by atoms with Crippen molar-refractivity contribution in [3.05, 3.63) is 77.6 Å². The number of rotatable bonds is 5. The second kappa shape index (κ2) is 13.8. The molecule has 0 spiro atoms. The van der Waals surface area contributed by atoms with Crippen LogP contribution in [-0.4, -0.2) is 61.7 Å². The van der Waals surface area contributed by atoms with Crippen LogP contribution in [0, 0.1) is 23.6 Å². The Bertz CT molecular complexity index is 1820. The largest absolute Gasteiger partial charge is 0.478 e. The first-order valence-corrected chi connectivity index (χ1v) is 17.2. The molecule has 9 nitrogen and oxygen atoms in total. The minimum atomic E-state index is -4.05. The van der Waals surface area contributed by atoms with Crippen molar-refractivity contribution in [3.63, 3.8) is 0 Å². The van der Waals surface area contributed by atoms with Gasteiger partial charge in [0, 0.05) is 30.9 Å². The van der Waals surface area contributed by atoms with E-state index in [4.69, 9.17) is 4.74 Å². The maximum Gasteiger partial charge on any atom is 0.408 e. The summed E-state index contributed by atoms with van der Waals surface area (Å²) in [5, 5.41) is 12.2. The van der Waals surface area contributed by atoms with E-state index in [2.05, 4.69) is 17.2 Å². The Hall–Kier alpha value is -4.40. The summed E-state index contributed by atoms with van der Waals surface area (Å²) in [5.41, 5.74) is 0.980. The van der Waals surface area contributed by atoms with Crippen LogP contribution in [0.1, 0.15) is 68.8 Å². The van der Waals surface area contributed by atoms with Crippen molar-refractivity contribution in [2.24, 2.45) is 5.92 Å². The fourth-order valence-electron chi connectivity index (χ4n) is 6.31. The van der Waals surface area contributed by atoms with Gasteiger partial charge < -0.3 is 20.1 Å². The fraction of sp³-hybridized carbons (Fsp3) is 0.389. The molecular weight excluding hydrogens is 621 g/mol. The Morgan fingerprint density at radius 3 is 2.40 bits per heavy atom. The van der Waals surface area contributed by atoms with Crippen molar-refractivity contribution in [1.29, 1.82) is 0 Å². The van der Waals surface area contributed by atoms with Crippen molar-refractivity contribution in [1.82, 2.24) is 9.62 Å². The van der Waals surface area contributed by atoms with Crippen LogP contribution < -0.4 is 10.2 Å². The molecule has 47 heavy (non-hydrogen) atoms. The highest BCUT2D eigenvalue weighted by molar-refractivity contribution is 7.89. The average Bonchev–Trinajstić information content (AvgIpc) is 3.11. The van der Waals surface area contributed by atoms with E-state index in [0.29, 0.717) is 23.4 Å². The normalized spacial score (nSPS) is 18.3. The van der Waals surface area contributed by atoms with E-state index in [-0.39, 0.29) is 29.0 Å². The van der Waals surface area contributed by atoms with Crippen LogP contribution in [0.4, 0.5) is 20.6 Å². The van der Waals surface area contributed by atoms with Gasteiger partial charge >= 0.3 is 12.1 Å². The zero-order valence-electron chi connectivity index (χ0n) is 27.0. The Morgan fingerprint density at radius 1 is 1.04 bits per heavy atom. The Morgan fingerprint density at radius 2 is 1.74 bits per heavy atom. The summed E-state index contributed by atoms with van der Waals surface area (Å²) in [7, 11) is -2.42. The molecule has 1 aliphatic carbocycles. The molecule has 5 rings (SSSR count). The van der Waals surface area contributed by atoms with Crippen LogP contribution in [0.2, 0.25) is 0 Å². The molecule has 0 saturated heterocycles. The van der Waals surface area contributed by atoms with Crippen molar-refractivity contribution in [3.8, 4) is 23.0 Å². The van der Waals surface area contributed by atoms with Crippen LogP contribution in [-0.2, 0) is 14.8 Å². The number of likely N-dealkylation sites (N-methyl/N-ethyl adjacent to an activating group) is 1. The van der Waals surface area contributed by atoms with Gasteiger partial charge in [-0.1, -0.05) is 55.4 Å². The van der Waals surface area contributed by atoms with Gasteiger partial charge in [0.1, 0.15) is 16.3 Å². The number of hydrogen-bond donors (Lipinski definition) is 2. The van der Waals surface area contributed by atoms with E-state index < -0.39 is 39.1 Å². The van der Waals surface area contributed by atoms with Gasteiger partial charge in [0.25, 0.3) is 0 Å². The molecule has 3 aromatic rings. The molecule has 0 unspecified atom stereocenters. The summed E-state index contributed by atoms with van der Waals surface area (Å²) >= 11 is 0. The van der Waals surface area contributed by atoms with Crippen LogP contribution in [0.25, 0.3) is 11.1 Å². The third kappa shape index (κ3) is 7.61. The molecule has 11 heteroatoms. The summed E-state index contributed by atoms with van der Waals surface area (Å²) < 4.78 is 50.2. The molecule has 1 amide bonds. The number of anilines is 2. The first kappa shape index (κ1) is 33.9. The van der Waals surface area contributed by atoms with Gasteiger partial charge in [0.05, 0.1) is 17.8 Å². The van der Waals surface area contributed by atoms with E-state index in [0.717, 1.165) is 43.9 Å². The van der Waals surface area contributed by atoms with Crippen molar-refractivity contribution in [2.75, 3.05) is 25.0 Å². The summed E-state index contributed by atoms with van der Waals surface area (Å²) in [5.74, 6) is 3.78. The topological polar surface area (TPSA) is 116 Å². The van der Waals surface area contributed by atoms with Crippen molar-refractivity contribution >= 4 is 33.5 Å². The van der Waals surface area contributed by atoms with Crippen LogP contribution >= 0.6 is 0 Å². The van der Waals surface area contributed by atoms with Crippen molar-refractivity contribution in [2.45, 2.75) is 69.4 Å². The molecule has 0 aromatic heterocycles. The standard InChI is InChI=1S/C36H40FN3O6S/c1-36(2,3)46-35(43)38-19-11-14-25-21-31-33(22-28(25)26-17-18-30(37)29(20-26)34(41)42)47(44,45)39(4)32(24-12-7-5-8-13-24)23-40(31)27-15-9-6-10-16-27/h6,9-10,15-18,20-22,24,32H,5,7-8,12-13,19,23H2,1-4H3,(H,38,43)(H,41,42)/t32-/m0/s1. The van der Waals surface area contributed by atoms with Gasteiger partial charge in [-0.2, -0.15) is 4.31 Å². The monoisotopic (exact) mass is 661 g/mol. The van der Waals surface area contributed by atoms with E-state index >= 15 is 0 Å². The number of carboxylic acids is 1.